The van der Waals surface area contributed by atoms with Crippen molar-refractivity contribution in [1.82, 2.24) is 5.32 Å². The fourth-order valence-corrected chi connectivity index (χ4v) is 3.58. The van der Waals surface area contributed by atoms with Gasteiger partial charge in [0.15, 0.2) is 0 Å². The first-order valence-corrected chi connectivity index (χ1v) is 9.39. The fraction of sp³-hybridized carbons (Fsp3) is 0.600. The number of hydrogen-bond acceptors (Lipinski definition) is 3. The summed E-state index contributed by atoms with van der Waals surface area (Å²) in [6, 6.07) is 6.34. The van der Waals surface area contributed by atoms with Crippen LogP contribution in [0.1, 0.15) is 52.0 Å². The van der Waals surface area contributed by atoms with Crippen molar-refractivity contribution in [3.63, 3.8) is 0 Å². The maximum Gasteiger partial charge on any atom is 0.240 e. The van der Waals surface area contributed by atoms with E-state index in [1.54, 1.807) is 4.90 Å². The van der Waals surface area contributed by atoms with Crippen LogP contribution in [0, 0.1) is 6.92 Å². The zero-order valence-corrected chi connectivity index (χ0v) is 16.0. The molecule has 1 aromatic rings. The van der Waals surface area contributed by atoms with Gasteiger partial charge in [0, 0.05) is 37.4 Å². The molecular formula is C20H31N3O2. The number of carbonyl (C=O) groups excluding carboxylic acids is 2. The van der Waals surface area contributed by atoms with Crippen LogP contribution in [0.2, 0.25) is 0 Å². The summed E-state index contributed by atoms with van der Waals surface area (Å²) in [5.74, 6) is -0.186. The van der Waals surface area contributed by atoms with Gasteiger partial charge in [0.05, 0.1) is 0 Å². The lowest BCUT2D eigenvalue weighted by Crippen LogP contribution is -2.43. The van der Waals surface area contributed by atoms with E-state index in [9.17, 15) is 9.59 Å². The fourth-order valence-electron chi connectivity index (χ4n) is 3.58. The Morgan fingerprint density at radius 3 is 2.32 bits per heavy atom. The van der Waals surface area contributed by atoms with E-state index in [1.165, 1.54) is 19.8 Å². The molecule has 0 aromatic heterocycles. The number of aryl methyl sites for hydroxylation is 1. The Morgan fingerprint density at radius 1 is 1.16 bits per heavy atom. The van der Waals surface area contributed by atoms with E-state index in [2.05, 4.69) is 30.1 Å². The molecule has 2 amide bonds. The minimum Gasteiger partial charge on any atom is -0.372 e. The zero-order valence-electron chi connectivity index (χ0n) is 16.0. The van der Waals surface area contributed by atoms with Crippen LogP contribution in [-0.2, 0) is 9.59 Å². The lowest BCUT2D eigenvalue weighted by molar-refractivity contribution is -0.123. The summed E-state index contributed by atoms with van der Waals surface area (Å²) in [5, 5.41) is 3.06. The topological polar surface area (TPSA) is 52.6 Å². The average Bonchev–Trinajstić information content (AvgIpc) is 3.07. The molecule has 0 aliphatic heterocycles. The summed E-state index contributed by atoms with van der Waals surface area (Å²) in [6.45, 7) is 9.72. The smallest absolute Gasteiger partial charge is 0.240 e. The van der Waals surface area contributed by atoms with Crippen LogP contribution in [0.4, 0.5) is 11.4 Å². The van der Waals surface area contributed by atoms with Gasteiger partial charge >= 0.3 is 0 Å². The van der Waals surface area contributed by atoms with Gasteiger partial charge in [-0.15, -0.1) is 0 Å². The molecule has 25 heavy (non-hydrogen) atoms. The van der Waals surface area contributed by atoms with Gasteiger partial charge in [-0.05, 0) is 57.4 Å². The highest BCUT2D eigenvalue weighted by molar-refractivity contribution is 5.98. The first-order chi connectivity index (χ1) is 12.0. The number of carbonyl (C=O) groups is 2. The summed E-state index contributed by atoms with van der Waals surface area (Å²) in [5.41, 5.74) is 2.96. The van der Waals surface area contributed by atoms with E-state index in [-0.39, 0.29) is 24.4 Å². The normalized spacial score (nSPS) is 14.4. The molecular weight excluding hydrogens is 314 g/mol. The highest BCUT2D eigenvalue weighted by atomic mass is 16.2. The number of rotatable bonds is 7. The molecule has 1 fully saturated rings. The summed E-state index contributed by atoms with van der Waals surface area (Å²) >= 11 is 0. The molecule has 2 rings (SSSR count). The van der Waals surface area contributed by atoms with Crippen LogP contribution >= 0.6 is 0 Å². The minimum absolute atomic E-state index is 0.0747. The van der Waals surface area contributed by atoms with Gasteiger partial charge in [0.1, 0.15) is 6.54 Å². The molecule has 1 N–H and O–H groups in total. The van der Waals surface area contributed by atoms with Gasteiger partial charge in [-0.3, -0.25) is 9.59 Å². The second kappa shape index (κ2) is 8.88. The predicted molar refractivity (Wildman–Crippen MR) is 103 cm³/mol. The van der Waals surface area contributed by atoms with Crippen LogP contribution in [0.3, 0.4) is 0 Å². The summed E-state index contributed by atoms with van der Waals surface area (Å²) < 4.78 is 0. The Hall–Kier alpha value is -2.04. The number of hydrogen-bond donors (Lipinski definition) is 1. The Kier molecular flexibility index (Phi) is 6.85. The summed E-state index contributed by atoms with van der Waals surface area (Å²) in [4.78, 5) is 28.3. The molecule has 0 heterocycles. The predicted octanol–water partition coefficient (Wildman–Crippen LogP) is 3.25. The Morgan fingerprint density at radius 2 is 1.80 bits per heavy atom. The van der Waals surface area contributed by atoms with Gasteiger partial charge < -0.3 is 15.1 Å². The van der Waals surface area contributed by atoms with Crippen molar-refractivity contribution in [1.29, 1.82) is 0 Å². The van der Waals surface area contributed by atoms with E-state index in [0.29, 0.717) is 0 Å². The van der Waals surface area contributed by atoms with E-state index in [1.807, 2.05) is 19.1 Å². The van der Waals surface area contributed by atoms with Crippen LogP contribution < -0.4 is 15.1 Å². The van der Waals surface area contributed by atoms with Crippen LogP contribution in [0.15, 0.2) is 18.2 Å². The maximum atomic E-state index is 12.4. The van der Waals surface area contributed by atoms with Gasteiger partial charge in [-0.1, -0.05) is 12.8 Å². The van der Waals surface area contributed by atoms with Gasteiger partial charge in [0.2, 0.25) is 11.8 Å². The molecule has 138 valence electrons. The van der Waals surface area contributed by atoms with Crippen molar-refractivity contribution in [2.24, 2.45) is 0 Å². The van der Waals surface area contributed by atoms with E-state index < -0.39 is 0 Å². The average molecular weight is 345 g/mol. The molecule has 0 bridgehead atoms. The summed E-state index contributed by atoms with van der Waals surface area (Å²) in [6.07, 6.45) is 4.44. The third kappa shape index (κ3) is 4.97. The van der Waals surface area contributed by atoms with Crippen molar-refractivity contribution in [2.45, 2.75) is 59.4 Å². The second-order valence-electron chi connectivity index (χ2n) is 6.80. The quantitative estimate of drug-likeness (QED) is 0.825. The third-order valence-electron chi connectivity index (χ3n) is 5.00. The van der Waals surface area contributed by atoms with E-state index in [4.69, 9.17) is 0 Å². The first kappa shape index (κ1) is 19.3. The zero-order chi connectivity index (χ0) is 18.4. The van der Waals surface area contributed by atoms with Crippen molar-refractivity contribution >= 4 is 23.2 Å². The molecule has 5 heteroatoms. The monoisotopic (exact) mass is 345 g/mol. The van der Waals surface area contributed by atoms with Gasteiger partial charge in [-0.25, -0.2) is 0 Å². The third-order valence-corrected chi connectivity index (χ3v) is 5.00. The lowest BCUT2D eigenvalue weighted by atomic mass is 10.1. The largest absolute Gasteiger partial charge is 0.372 e. The Bertz CT molecular complexity index is 605. The molecule has 0 atom stereocenters. The molecule has 1 aliphatic rings. The highest BCUT2D eigenvalue weighted by Gasteiger charge is 2.22. The minimum atomic E-state index is -0.111. The number of nitrogens with zero attached hydrogens (tertiary/aromatic N) is 2. The van der Waals surface area contributed by atoms with Crippen molar-refractivity contribution in [2.75, 3.05) is 29.4 Å². The molecule has 5 nitrogen and oxygen atoms in total. The van der Waals surface area contributed by atoms with Crippen LogP contribution in [-0.4, -0.2) is 37.5 Å². The first-order valence-electron chi connectivity index (χ1n) is 9.39. The SMILES string of the molecule is CCN(CC)c1ccc(N(CC(=O)NC2CCCC2)C(C)=O)c(C)c1. The summed E-state index contributed by atoms with van der Waals surface area (Å²) in [7, 11) is 0. The van der Waals surface area contributed by atoms with Gasteiger partial charge in [0.25, 0.3) is 0 Å². The number of benzene rings is 1. The Labute approximate surface area is 151 Å². The number of amides is 2. The maximum absolute atomic E-state index is 12.4. The van der Waals surface area contributed by atoms with Crippen molar-refractivity contribution < 1.29 is 9.59 Å². The molecule has 0 saturated heterocycles. The Balaban J connectivity index is 2.13. The lowest BCUT2D eigenvalue weighted by Gasteiger charge is -2.26. The van der Waals surface area contributed by atoms with Crippen molar-refractivity contribution in [3.05, 3.63) is 23.8 Å². The second-order valence-corrected chi connectivity index (χ2v) is 6.80. The molecule has 0 spiro atoms. The van der Waals surface area contributed by atoms with Crippen LogP contribution in [0.25, 0.3) is 0 Å². The molecule has 0 radical (unpaired) electrons. The van der Waals surface area contributed by atoms with E-state index in [0.717, 1.165) is 42.9 Å². The molecule has 1 aromatic carbocycles. The highest BCUT2D eigenvalue weighted by Crippen LogP contribution is 2.26. The standard InChI is InChI=1S/C20H31N3O2/c1-5-22(6-2)18-11-12-19(15(3)13-18)23(16(4)24)14-20(25)21-17-9-7-8-10-17/h11-13,17H,5-10,14H2,1-4H3,(H,21,25). The molecule has 1 aliphatic carbocycles. The molecule has 1 saturated carbocycles. The van der Waals surface area contributed by atoms with Gasteiger partial charge in [-0.2, -0.15) is 0 Å². The van der Waals surface area contributed by atoms with E-state index >= 15 is 0 Å². The molecule has 0 unspecified atom stereocenters. The number of anilines is 2. The number of nitrogens with one attached hydrogen (secondary N) is 1. The van der Waals surface area contributed by atoms with Crippen LogP contribution in [0.5, 0.6) is 0 Å². The van der Waals surface area contributed by atoms with Crippen molar-refractivity contribution in [3.8, 4) is 0 Å².